The number of rotatable bonds is 5. The normalized spacial score (nSPS) is 11.2. The average molecular weight is 364 g/mol. The van der Waals surface area contributed by atoms with Crippen molar-refractivity contribution in [2.45, 2.75) is 6.54 Å². The van der Waals surface area contributed by atoms with E-state index in [1.807, 2.05) is 18.2 Å². The van der Waals surface area contributed by atoms with Gasteiger partial charge in [-0.1, -0.05) is 29.8 Å². The van der Waals surface area contributed by atoms with E-state index in [4.69, 9.17) is 28.2 Å². The quantitative estimate of drug-likeness (QED) is 0.299. The Kier molecular flexibility index (Phi) is 4.54. The summed E-state index contributed by atoms with van der Waals surface area (Å²) in [6.45, 7) is 0.410. The van der Waals surface area contributed by atoms with Crippen LogP contribution in [0.4, 0.5) is 5.88 Å². The van der Waals surface area contributed by atoms with Crippen LogP contribution >= 0.6 is 23.8 Å². The van der Waals surface area contributed by atoms with Gasteiger partial charge in [0.15, 0.2) is 5.76 Å². The molecule has 0 saturated carbocycles. The molecule has 0 amide bonds. The minimum Gasteiger partial charge on any atom is -0.400 e. The summed E-state index contributed by atoms with van der Waals surface area (Å²) in [6.07, 6.45) is 2.76. The van der Waals surface area contributed by atoms with E-state index < -0.39 is 4.92 Å². The average Bonchev–Trinajstić information content (AvgIpc) is 3.16. The molecule has 0 aliphatic carbocycles. The SMILES string of the molecule is O=[N+]([O-])c1ccc(/C=N/n2cnn(Cc3ccccc3Cl)c2=S)o1. The van der Waals surface area contributed by atoms with Gasteiger partial charge in [-0.15, -0.1) is 0 Å². The van der Waals surface area contributed by atoms with Crippen LogP contribution in [0.2, 0.25) is 5.02 Å². The lowest BCUT2D eigenvalue weighted by atomic mass is 10.2. The monoisotopic (exact) mass is 363 g/mol. The Hall–Kier alpha value is -2.78. The number of hydrogen-bond acceptors (Lipinski definition) is 6. The van der Waals surface area contributed by atoms with Gasteiger partial charge in [-0.05, 0) is 29.9 Å². The van der Waals surface area contributed by atoms with Gasteiger partial charge in [-0.25, -0.2) is 4.68 Å². The molecule has 3 aromatic rings. The first-order valence-electron chi connectivity index (χ1n) is 6.71. The first kappa shape index (κ1) is 16.1. The van der Waals surface area contributed by atoms with Gasteiger partial charge in [0, 0.05) is 5.02 Å². The maximum Gasteiger partial charge on any atom is 0.433 e. The highest BCUT2D eigenvalue weighted by Crippen LogP contribution is 2.16. The zero-order chi connectivity index (χ0) is 17.1. The van der Waals surface area contributed by atoms with E-state index in [9.17, 15) is 10.1 Å². The molecule has 0 bridgehead atoms. The Balaban J connectivity index is 1.79. The fraction of sp³-hybridized carbons (Fsp3) is 0.0714. The molecule has 24 heavy (non-hydrogen) atoms. The zero-order valence-electron chi connectivity index (χ0n) is 12.1. The lowest BCUT2D eigenvalue weighted by Gasteiger charge is -2.03. The molecule has 0 fully saturated rings. The van der Waals surface area contributed by atoms with Gasteiger partial charge in [-0.2, -0.15) is 14.9 Å². The molecule has 0 spiro atoms. The number of halogens is 1. The molecule has 0 unspecified atom stereocenters. The van der Waals surface area contributed by atoms with Crippen molar-refractivity contribution in [2.24, 2.45) is 5.10 Å². The van der Waals surface area contributed by atoms with Crippen molar-refractivity contribution >= 4 is 35.9 Å². The molecule has 2 aromatic heterocycles. The third kappa shape index (κ3) is 3.42. The van der Waals surface area contributed by atoms with Gasteiger partial charge < -0.3 is 4.42 Å². The second-order valence-electron chi connectivity index (χ2n) is 4.68. The molecule has 122 valence electrons. The third-order valence-electron chi connectivity index (χ3n) is 3.10. The van der Waals surface area contributed by atoms with Gasteiger partial charge in [0.05, 0.1) is 18.8 Å². The number of nitro groups is 1. The fourth-order valence-corrected chi connectivity index (χ4v) is 2.33. The maximum atomic E-state index is 10.6. The van der Waals surface area contributed by atoms with Crippen LogP contribution in [-0.2, 0) is 6.54 Å². The topological polar surface area (TPSA) is 91.4 Å². The second-order valence-corrected chi connectivity index (χ2v) is 5.46. The molecule has 0 atom stereocenters. The second kappa shape index (κ2) is 6.77. The molecular formula is C14H10ClN5O3S. The van der Waals surface area contributed by atoms with E-state index in [-0.39, 0.29) is 11.6 Å². The van der Waals surface area contributed by atoms with E-state index >= 15 is 0 Å². The van der Waals surface area contributed by atoms with Crippen molar-refractivity contribution in [3.05, 3.63) is 74.0 Å². The maximum absolute atomic E-state index is 10.6. The Morgan fingerprint density at radius 1 is 1.38 bits per heavy atom. The van der Waals surface area contributed by atoms with E-state index in [1.54, 1.807) is 10.7 Å². The standard InChI is InChI=1S/C14H10ClN5O3S/c15-12-4-2-1-3-10(12)8-18-14(24)19(9-17-18)16-7-11-5-6-13(23-11)20(21)22/h1-7,9H,8H2/b16-7+. The molecule has 1 aromatic carbocycles. The van der Waals surface area contributed by atoms with Gasteiger partial charge in [-0.3, -0.25) is 10.1 Å². The Morgan fingerprint density at radius 2 is 2.17 bits per heavy atom. The molecule has 0 radical (unpaired) electrons. The zero-order valence-corrected chi connectivity index (χ0v) is 13.6. The predicted molar refractivity (Wildman–Crippen MR) is 90.0 cm³/mol. The summed E-state index contributed by atoms with van der Waals surface area (Å²) in [7, 11) is 0. The summed E-state index contributed by atoms with van der Waals surface area (Å²) in [6, 6.07) is 10.1. The molecule has 8 nitrogen and oxygen atoms in total. The lowest BCUT2D eigenvalue weighted by Crippen LogP contribution is -2.03. The molecule has 0 saturated heterocycles. The Morgan fingerprint density at radius 3 is 2.88 bits per heavy atom. The highest BCUT2D eigenvalue weighted by atomic mass is 35.5. The third-order valence-corrected chi connectivity index (χ3v) is 3.86. The van der Waals surface area contributed by atoms with Crippen LogP contribution in [0.25, 0.3) is 0 Å². The molecule has 0 aliphatic heterocycles. The van der Waals surface area contributed by atoms with Crippen LogP contribution in [0.1, 0.15) is 11.3 Å². The molecule has 0 aliphatic rings. The van der Waals surface area contributed by atoms with E-state index in [2.05, 4.69) is 10.2 Å². The minimum absolute atomic E-state index is 0.238. The lowest BCUT2D eigenvalue weighted by molar-refractivity contribution is -0.402. The summed E-state index contributed by atoms with van der Waals surface area (Å²) in [5.41, 5.74) is 0.881. The first-order valence-corrected chi connectivity index (χ1v) is 7.49. The van der Waals surface area contributed by atoms with Crippen molar-refractivity contribution in [1.29, 1.82) is 0 Å². The van der Waals surface area contributed by atoms with E-state index in [1.165, 1.54) is 29.4 Å². The van der Waals surface area contributed by atoms with Crippen molar-refractivity contribution in [3.8, 4) is 0 Å². The minimum atomic E-state index is -0.620. The molecule has 2 heterocycles. The van der Waals surface area contributed by atoms with Gasteiger partial charge >= 0.3 is 5.88 Å². The fourth-order valence-electron chi connectivity index (χ4n) is 1.93. The van der Waals surface area contributed by atoms with Crippen LogP contribution in [0.15, 0.2) is 52.2 Å². The smallest absolute Gasteiger partial charge is 0.400 e. The molecule has 0 N–H and O–H groups in total. The van der Waals surface area contributed by atoms with Gasteiger partial charge in [0.1, 0.15) is 11.3 Å². The summed E-state index contributed by atoms with van der Waals surface area (Å²) in [5.74, 6) is -0.114. The largest absolute Gasteiger partial charge is 0.433 e. The highest BCUT2D eigenvalue weighted by Gasteiger charge is 2.10. The molecular weight excluding hydrogens is 354 g/mol. The van der Waals surface area contributed by atoms with Crippen LogP contribution in [0.3, 0.4) is 0 Å². The first-order chi connectivity index (χ1) is 11.5. The van der Waals surface area contributed by atoms with Crippen molar-refractivity contribution in [2.75, 3.05) is 0 Å². The van der Waals surface area contributed by atoms with E-state index in [0.29, 0.717) is 16.3 Å². The van der Waals surface area contributed by atoms with Gasteiger partial charge in [0.25, 0.3) is 0 Å². The molecule has 10 heteroatoms. The number of benzene rings is 1. The number of hydrogen-bond donors (Lipinski definition) is 0. The van der Waals surface area contributed by atoms with Crippen LogP contribution in [-0.4, -0.2) is 25.6 Å². The highest BCUT2D eigenvalue weighted by molar-refractivity contribution is 7.71. The number of aromatic nitrogens is 3. The van der Waals surface area contributed by atoms with Crippen molar-refractivity contribution in [3.63, 3.8) is 0 Å². The van der Waals surface area contributed by atoms with Crippen LogP contribution in [0.5, 0.6) is 0 Å². The number of furan rings is 1. The van der Waals surface area contributed by atoms with Crippen LogP contribution < -0.4 is 0 Å². The summed E-state index contributed by atoms with van der Waals surface area (Å²) < 4.78 is 8.27. The Bertz CT molecular complexity index is 975. The Labute approximate surface area is 145 Å². The van der Waals surface area contributed by atoms with Crippen molar-refractivity contribution < 1.29 is 9.34 Å². The summed E-state index contributed by atoms with van der Waals surface area (Å²) in [5, 5.41) is 19.4. The van der Waals surface area contributed by atoms with Crippen molar-refractivity contribution in [1.82, 2.24) is 14.5 Å². The molecule has 3 rings (SSSR count). The summed E-state index contributed by atoms with van der Waals surface area (Å²) in [4.78, 5) is 9.95. The number of nitrogens with zero attached hydrogens (tertiary/aromatic N) is 5. The van der Waals surface area contributed by atoms with Gasteiger partial charge in [0.2, 0.25) is 4.77 Å². The van der Waals surface area contributed by atoms with E-state index in [0.717, 1.165) is 5.56 Å². The predicted octanol–water partition coefficient (Wildman–Crippen LogP) is 3.50. The van der Waals surface area contributed by atoms with Crippen LogP contribution in [0, 0.1) is 14.9 Å². The summed E-state index contributed by atoms with van der Waals surface area (Å²) >= 11 is 11.4.